The molecule has 0 radical (unpaired) electrons. The summed E-state index contributed by atoms with van der Waals surface area (Å²) in [5, 5.41) is 2.37. The number of ether oxygens (including phenoxy) is 2. The van der Waals surface area contributed by atoms with Crippen molar-refractivity contribution in [3.63, 3.8) is 0 Å². The van der Waals surface area contributed by atoms with Gasteiger partial charge in [-0.25, -0.2) is 4.99 Å². The zero-order chi connectivity index (χ0) is 12.6. The molecule has 3 aliphatic rings. The molecule has 3 heterocycles. The topological polar surface area (TPSA) is 80.6 Å². The van der Waals surface area contributed by atoms with Gasteiger partial charge in [-0.15, -0.1) is 4.91 Å². The molecule has 1 amide bonds. The molecule has 92 valence electrons. The van der Waals surface area contributed by atoms with E-state index in [-0.39, 0.29) is 12.3 Å². The third kappa shape index (κ3) is 1.44. The summed E-state index contributed by atoms with van der Waals surface area (Å²) in [6.45, 7) is 0.716. The van der Waals surface area contributed by atoms with E-state index in [4.69, 9.17) is 9.47 Å². The Bertz CT molecular complexity index is 534. The fourth-order valence-corrected chi connectivity index (χ4v) is 2.01. The first-order chi connectivity index (χ1) is 8.75. The molecule has 7 nitrogen and oxygen atoms in total. The van der Waals surface area contributed by atoms with Gasteiger partial charge in [-0.3, -0.25) is 4.79 Å². The van der Waals surface area contributed by atoms with Crippen LogP contribution in [0, 0.1) is 4.91 Å². The molecular formula is C11H9N3O4. The molecule has 0 fully saturated rings. The van der Waals surface area contributed by atoms with Gasteiger partial charge in [0.05, 0.1) is 6.26 Å². The molecule has 0 bridgehead atoms. The van der Waals surface area contributed by atoms with Crippen molar-refractivity contribution < 1.29 is 14.3 Å². The van der Waals surface area contributed by atoms with E-state index in [2.05, 4.69) is 10.2 Å². The number of amidine groups is 1. The normalized spacial score (nSPS) is 28.1. The molecule has 3 rings (SSSR count). The minimum atomic E-state index is -0.880. The molecule has 0 saturated carbocycles. The van der Waals surface area contributed by atoms with Crippen molar-refractivity contribution >= 4 is 11.7 Å². The van der Waals surface area contributed by atoms with Gasteiger partial charge in [0.1, 0.15) is 18.6 Å². The van der Waals surface area contributed by atoms with Crippen LogP contribution in [0.15, 0.2) is 46.7 Å². The van der Waals surface area contributed by atoms with Gasteiger partial charge < -0.3 is 14.4 Å². The van der Waals surface area contributed by atoms with Crippen molar-refractivity contribution in [3.05, 3.63) is 41.5 Å². The highest BCUT2D eigenvalue weighted by molar-refractivity contribution is 6.02. The van der Waals surface area contributed by atoms with Crippen LogP contribution in [0.4, 0.5) is 0 Å². The monoisotopic (exact) mass is 247 g/mol. The largest absolute Gasteiger partial charge is 0.496 e. The molecule has 0 saturated heterocycles. The molecule has 0 aromatic carbocycles. The number of amides is 1. The first-order valence-electron chi connectivity index (χ1n) is 5.33. The lowest BCUT2D eigenvalue weighted by molar-refractivity contribution is -0.114. The second-order valence-electron chi connectivity index (χ2n) is 3.98. The van der Waals surface area contributed by atoms with E-state index in [0.717, 1.165) is 0 Å². The minimum absolute atomic E-state index is 0.0369. The molecule has 1 spiro atoms. The zero-order valence-corrected chi connectivity index (χ0v) is 9.28. The molecule has 0 aromatic rings. The minimum Gasteiger partial charge on any atom is -0.496 e. The van der Waals surface area contributed by atoms with E-state index in [0.29, 0.717) is 12.4 Å². The summed E-state index contributed by atoms with van der Waals surface area (Å²) in [5.41, 5.74) is -0.785. The lowest BCUT2D eigenvalue weighted by atomic mass is 10.0. The lowest BCUT2D eigenvalue weighted by Gasteiger charge is -2.37. The van der Waals surface area contributed by atoms with Gasteiger partial charge in [0.15, 0.2) is 5.84 Å². The van der Waals surface area contributed by atoms with Crippen LogP contribution < -0.4 is 0 Å². The number of rotatable bonds is 1. The first-order valence-corrected chi connectivity index (χ1v) is 5.33. The third-order valence-corrected chi connectivity index (χ3v) is 2.91. The summed E-state index contributed by atoms with van der Waals surface area (Å²) in [5.74, 6) is -0.358. The summed E-state index contributed by atoms with van der Waals surface area (Å²) < 4.78 is 10.7. The molecule has 1 atom stereocenters. The number of aliphatic imine (C=N–C) groups is 1. The van der Waals surface area contributed by atoms with Gasteiger partial charge in [-0.05, 0) is 6.08 Å². The number of carbonyl (C=O) groups is 1. The van der Waals surface area contributed by atoms with Crippen LogP contribution in [0.25, 0.3) is 0 Å². The Balaban J connectivity index is 2.02. The molecule has 18 heavy (non-hydrogen) atoms. The van der Waals surface area contributed by atoms with Gasteiger partial charge in [0.2, 0.25) is 5.60 Å². The molecule has 3 aliphatic heterocycles. The first kappa shape index (κ1) is 10.7. The number of carbonyl (C=O) groups excluding carboxylic acids is 1. The third-order valence-electron chi connectivity index (χ3n) is 2.91. The van der Waals surface area contributed by atoms with Crippen molar-refractivity contribution in [1.82, 2.24) is 4.90 Å². The maximum atomic E-state index is 11.3. The number of nitroso groups, excluding NO2 is 1. The second kappa shape index (κ2) is 3.80. The van der Waals surface area contributed by atoms with Crippen molar-refractivity contribution in [2.24, 2.45) is 10.2 Å². The Hall–Kier alpha value is -2.44. The Morgan fingerprint density at radius 3 is 3.11 bits per heavy atom. The highest BCUT2D eigenvalue weighted by Crippen LogP contribution is 2.30. The Morgan fingerprint density at radius 1 is 1.50 bits per heavy atom. The fraction of sp³-hybridized carbons (Fsp3) is 0.273. The van der Waals surface area contributed by atoms with E-state index in [1.54, 1.807) is 24.6 Å². The van der Waals surface area contributed by atoms with Crippen LogP contribution in [0.2, 0.25) is 0 Å². The van der Waals surface area contributed by atoms with Crippen LogP contribution in [-0.2, 0) is 14.3 Å². The molecule has 1 unspecified atom stereocenters. The maximum absolute atomic E-state index is 11.3. The Labute approximate surface area is 102 Å². The average Bonchev–Trinajstić information content (AvgIpc) is 2.87. The van der Waals surface area contributed by atoms with Gasteiger partial charge in [0, 0.05) is 24.0 Å². The summed E-state index contributed by atoms with van der Waals surface area (Å²) in [4.78, 5) is 27.5. The van der Waals surface area contributed by atoms with E-state index in [9.17, 15) is 9.70 Å². The second-order valence-corrected chi connectivity index (χ2v) is 3.98. The predicted molar refractivity (Wildman–Crippen MR) is 61.1 cm³/mol. The summed E-state index contributed by atoms with van der Waals surface area (Å²) in [7, 11) is 0. The molecular weight excluding hydrogens is 238 g/mol. The van der Waals surface area contributed by atoms with Crippen LogP contribution in [-0.4, -0.2) is 35.4 Å². The zero-order valence-electron chi connectivity index (χ0n) is 9.28. The van der Waals surface area contributed by atoms with Gasteiger partial charge in [-0.2, -0.15) is 0 Å². The van der Waals surface area contributed by atoms with E-state index < -0.39 is 11.5 Å². The van der Waals surface area contributed by atoms with Gasteiger partial charge >= 0.3 is 5.91 Å². The molecule has 0 aliphatic carbocycles. The highest BCUT2D eigenvalue weighted by Gasteiger charge is 2.44. The van der Waals surface area contributed by atoms with E-state index >= 15 is 0 Å². The predicted octanol–water partition coefficient (Wildman–Crippen LogP) is 0.661. The van der Waals surface area contributed by atoms with E-state index in [1.165, 1.54) is 6.26 Å². The molecule has 0 aromatic heterocycles. The quantitative estimate of drug-likeness (QED) is 0.636. The van der Waals surface area contributed by atoms with Crippen molar-refractivity contribution in [1.29, 1.82) is 0 Å². The average molecular weight is 247 g/mol. The highest BCUT2D eigenvalue weighted by atomic mass is 16.5. The fourth-order valence-electron chi connectivity index (χ4n) is 2.01. The van der Waals surface area contributed by atoms with E-state index in [1.807, 2.05) is 4.90 Å². The number of fused-ring (bicyclic) bond motifs is 2. The smallest absolute Gasteiger partial charge is 0.334 e. The summed E-state index contributed by atoms with van der Waals surface area (Å²) in [6, 6.07) is 0. The number of nitrogens with zero attached hydrogens (tertiary/aromatic N) is 3. The summed E-state index contributed by atoms with van der Waals surface area (Å²) >= 11 is 0. The van der Waals surface area contributed by atoms with Crippen LogP contribution >= 0.6 is 0 Å². The lowest BCUT2D eigenvalue weighted by Crippen LogP contribution is -2.52. The Morgan fingerprint density at radius 2 is 2.39 bits per heavy atom. The van der Waals surface area contributed by atoms with Crippen LogP contribution in [0.1, 0.15) is 0 Å². The SMILES string of the molecule is O=NC(=O)C1=CCN2C=COC3(C=COC3)C2=N1. The number of hydrogen-bond donors (Lipinski definition) is 0. The Kier molecular flexibility index (Phi) is 2.26. The standard InChI is InChI=1S/C11H9N3O4/c15-9(13-16)8-1-3-14-4-6-18-11(10(14)12-8)2-5-17-7-11/h1-2,4-6H,3,7H2. The van der Waals surface area contributed by atoms with Crippen molar-refractivity contribution in [2.75, 3.05) is 13.2 Å². The van der Waals surface area contributed by atoms with Gasteiger partial charge in [-0.1, -0.05) is 0 Å². The van der Waals surface area contributed by atoms with Gasteiger partial charge in [0.25, 0.3) is 0 Å². The molecule has 0 N–H and O–H groups in total. The van der Waals surface area contributed by atoms with Crippen LogP contribution in [0.3, 0.4) is 0 Å². The van der Waals surface area contributed by atoms with Crippen LogP contribution in [0.5, 0.6) is 0 Å². The van der Waals surface area contributed by atoms with Crippen molar-refractivity contribution in [2.45, 2.75) is 5.60 Å². The molecule has 7 heteroatoms. The maximum Gasteiger partial charge on any atom is 0.334 e. The number of hydrogen-bond acceptors (Lipinski definition) is 6. The summed E-state index contributed by atoms with van der Waals surface area (Å²) in [6.07, 6.45) is 8.07. The van der Waals surface area contributed by atoms with Crippen molar-refractivity contribution in [3.8, 4) is 0 Å².